The summed E-state index contributed by atoms with van der Waals surface area (Å²) in [5.41, 5.74) is 1.73. The molecule has 2 N–H and O–H groups in total. The number of aromatic amines is 1. The van der Waals surface area contributed by atoms with Gasteiger partial charge in [0.25, 0.3) is 0 Å². The van der Waals surface area contributed by atoms with Gasteiger partial charge in [0, 0.05) is 20.3 Å². The van der Waals surface area contributed by atoms with Gasteiger partial charge in [-0.2, -0.15) is 0 Å². The lowest BCUT2D eigenvalue weighted by Crippen LogP contribution is -2.41. The zero-order chi connectivity index (χ0) is 19.8. The van der Waals surface area contributed by atoms with E-state index < -0.39 is 0 Å². The van der Waals surface area contributed by atoms with E-state index >= 15 is 0 Å². The normalized spacial score (nSPS) is 18.4. The molecule has 1 aromatic heterocycles. The zero-order valence-electron chi connectivity index (χ0n) is 16.8. The lowest BCUT2D eigenvalue weighted by atomic mass is 9.79. The molecule has 1 saturated heterocycles. The van der Waals surface area contributed by atoms with Crippen molar-refractivity contribution in [3.63, 3.8) is 0 Å². The molecular formula is C19H27BN4O3. The first-order valence-corrected chi connectivity index (χ1v) is 9.05. The van der Waals surface area contributed by atoms with Crippen LogP contribution in [0, 0.1) is 0 Å². The van der Waals surface area contributed by atoms with Crippen LogP contribution >= 0.6 is 0 Å². The summed E-state index contributed by atoms with van der Waals surface area (Å²) in [6, 6.07) is 7.96. The maximum Gasteiger partial charge on any atom is 0.494 e. The molecule has 0 unspecified atom stereocenters. The predicted octanol–water partition coefficient (Wildman–Crippen LogP) is 1.61. The van der Waals surface area contributed by atoms with E-state index in [1.807, 2.05) is 52.0 Å². The Morgan fingerprint density at radius 2 is 1.78 bits per heavy atom. The highest BCUT2D eigenvalue weighted by Crippen LogP contribution is 2.36. The lowest BCUT2D eigenvalue weighted by molar-refractivity contribution is 0.00578. The van der Waals surface area contributed by atoms with Gasteiger partial charge < -0.3 is 19.6 Å². The smallest absolute Gasteiger partial charge is 0.399 e. The average molecular weight is 370 g/mol. The number of nitrogens with zero attached hydrogens (tertiary/aromatic N) is 2. The van der Waals surface area contributed by atoms with Crippen LogP contribution in [0.25, 0.3) is 0 Å². The molecule has 1 fully saturated rings. The van der Waals surface area contributed by atoms with E-state index in [0.29, 0.717) is 18.1 Å². The molecule has 0 amide bonds. The molecule has 1 aromatic carbocycles. The molecule has 1 aliphatic rings. The SMILES string of the molecule is CN=Cc1[nH]c(=O)n(Cc2ccc(B3OC(C)(C)C(C)(C)O3)cc2)c1NC. The van der Waals surface area contributed by atoms with E-state index in [1.165, 1.54) is 0 Å². The number of anilines is 1. The van der Waals surface area contributed by atoms with Gasteiger partial charge in [0.1, 0.15) is 11.5 Å². The third-order valence-electron chi connectivity index (χ3n) is 5.35. The molecule has 0 saturated carbocycles. The Hall–Kier alpha value is -2.32. The van der Waals surface area contributed by atoms with Gasteiger partial charge in [-0.3, -0.25) is 9.56 Å². The van der Waals surface area contributed by atoms with Gasteiger partial charge in [0.2, 0.25) is 0 Å². The fourth-order valence-corrected chi connectivity index (χ4v) is 3.07. The van der Waals surface area contributed by atoms with E-state index in [1.54, 1.807) is 24.9 Å². The molecule has 0 spiro atoms. The van der Waals surface area contributed by atoms with Crippen molar-refractivity contribution in [1.29, 1.82) is 0 Å². The summed E-state index contributed by atoms with van der Waals surface area (Å²) in [5.74, 6) is 0.709. The molecule has 2 heterocycles. The Labute approximate surface area is 159 Å². The molecule has 27 heavy (non-hydrogen) atoms. The average Bonchev–Trinajstić information content (AvgIpc) is 3.01. The number of imidazole rings is 1. The largest absolute Gasteiger partial charge is 0.494 e. The van der Waals surface area contributed by atoms with Crippen LogP contribution in [0.15, 0.2) is 34.1 Å². The molecular weight excluding hydrogens is 343 g/mol. The van der Waals surface area contributed by atoms with Crippen LogP contribution in [0.1, 0.15) is 39.0 Å². The summed E-state index contributed by atoms with van der Waals surface area (Å²) >= 11 is 0. The molecule has 3 rings (SSSR count). The first kappa shape index (κ1) is 19.4. The monoisotopic (exact) mass is 370 g/mol. The van der Waals surface area contributed by atoms with Crippen LogP contribution in [-0.4, -0.2) is 48.2 Å². The minimum atomic E-state index is -0.390. The van der Waals surface area contributed by atoms with E-state index in [4.69, 9.17) is 9.31 Å². The molecule has 0 bridgehead atoms. The zero-order valence-corrected chi connectivity index (χ0v) is 16.8. The van der Waals surface area contributed by atoms with Crippen LogP contribution in [-0.2, 0) is 15.9 Å². The fourth-order valence-electron chi connectivity index (χ4n) is 3.07. The van der Waals surface area contributed by atoms with Gasteiger partial charge in [-0.15, -0.1) is 0 Å². The number of hydrogen-bond acceptors (Lipinski definition) is 5. The highest BCUT2D eigenvalue weighted by atomic mass is 16.7. The highest BCUT2D eigenvalue weighted by Gasteiger charge is 2.51. The van der Waals surface area contributed by atoms with E-state index in [2.05, 4.69) is 15.3 Å². The molecule has 0 aliphatic carbocycles. The Kier molecular flexibility index (Phi) is 5.05. The number of H-pyrrole nitrogens is 1. The van der Waals surface area contributed by atoms with E-state index in [9.17, 15) is 4.79 Å². The maximum absolute atomic E-state index is 12.3. The first-order valence-electron chi connectivity index (χ1n) is 9.05. The van der Waals surface area contributed by atoms with Crippen LogP contribution < -0.4 is 16.5 Å². The second-order valence-electron chi connectivity index (χ2n) is 7.75. The maximum atomic E-state index is 12.3. The summed E-state index contributed by atoms with van der Waals surface area (Å²) in [7, 11) is 3.07. The van der Waals surface area contributed by atoms with Crippen molar-refractivity contribution in [3.8, 4) is 0 Å². The predicted molar refractivity (Wildman–Crippen MR) is 109 cm³/mol. The molecule has 0 radical (unpaired) electrons. The third kappa shape index (κ3) is 3.59. The van der Waals surface area contributed by atoms with Crippen LogP contribution in [0.5, 0.6) is 0 Å². The van der Waals surface area contributed by atoms with Crippen molar-refractivity contribution < 1.29 is 9.31 Å². The molecule has 0 atom stereocenters. The van der Waals surface area contributed by atoms with Gasteiger partial charge in [0.05, 0.1) is 17.7 Å². The number of aliphatic imine (C=N–C) groups is 1. The number of rotatable bonds is 5. The summed E-state index contributed by atoms with van der Waals surface area (Å²) < 4.78 is 13.8. The van der Waals surface area contributed by atoms with E-state index in [0.717, 1.165) is 11.0 Å². The summed E-state index contributed by atoms with van der Waals surface area (Å²) in [4.78, 5) is 19.1. The Balaban J connectivity index is 1.81. The summed E-state index contributed by atoms with van der Waals surface area (Å²) in [5, 5.41) is 3.06. The Bertz CT molecular complexity index is 881. The first-order chi connectivity index (χ1) is 12.7. The van der Waals surface area contributed by atoms with E-state index in [-0.39, 0.29) is 24.0 Å². The van der Waals surface area contributed by atoms with Crippen LogP contribution in [0.3, 0.4) is 0 Å². The fraction of sp³-hybridized carbons (Fsp3) is 0.474. The molecule has 7 nitrogen and oxygen atoms in total. The molecule has 1 aliphatic heterocycles. The van der Waals surface area contributed by atoms with Crippen molar-refractivity contribution in [3.05, 3.63) is 46.0 Å². The van der Waals surface area contributed by atoms with Crippen molar-refractivity contribution in [2.24, 2.45) is 4.99 Å². The van der Waals surface area contributed by atoms with Crippen LogP contribution in [0.2, 0.25) is 0 Å². The molecule has 8 heteroatoms. The molecule has 2 aromatic rings. The number of benzene rings is 1. The van der Waals surface area contributed by atoms with Crippen molar-refractivity contribution in [1.82, 2.24) is 9.55 Å². The Morgan fingerprint density at radius 3 is 2.30 bits per heavy atom. The highest BCUT2D eigenvalue weighted by molar-refractivity contribution is 6.62. The number of nitrogens with one attached hydrogen (secondary N) is 2. The van der Waals surface area contributed by atoms with Gasteiger partial charge in [-0.25, -0.2) is 4.79 Å². The quantitative estimate of drug-likeness (QED) is 0.619. The minimum Gasteiger partial charge on any atom is -0.399 e. The third-order valence-corrected chi connectivity index (χ3v) is 5.35. The second-order valence-corrected chi connectivity index (χ2v) is 7.75. The minimum absolute atomic E-state index is 0.177. The Morgan fingerprint density at radius 1 is 1.19 bits per heavy atom. The number of aromatic nitrogens is 2. The number of hydrogen-bond donors (Lipinski definition) is 2. The van der Waals surface area contributed by atoms with Crippen molar-refractivity contribution in [2.45, 2.75) is 45.4 Å². The standard InChI is InChI=1S/C19H27BN4O3/c1-18(2)19(3,4)27-20(26-18)14-9-7-13(8-10-14)12-24-16(22-6)15(11-21-5)23-17(24)25/h7-11,22H,12H2,1-6H3,(H,23,25). The van der Waals surface area contributed by atoms with Gasteiger partial charge in [-0.1, -0.05) is 24.3 Å². The molecule has 144 valence electrons. The summed E-state index contributed by atoms with van der Waals surface area (Å²) in [6.07, 6.45) is 1.63. The van der Waals surface area contributed by atoms with Crippen molar-refractivity contribution in [2.75, 3.05) is 19.4 Å². The second kappa shape index (κ2) is 7.01. The van der Waals surface area contributed by atoms with Crippen molar-refractivity contribution >= 4 is 24.6 Å². The topological polar surface area (TPSA) is 80.6 Å². The van der Waals surface area contributed by atoms with Gasteiger partial charge in [-0.05, 0) is 38.7 Å². The lowest BCUT2D eigenvalue weighted by Gasteiger charge is -2.32. The summed E-state index contributed by atoms with van der Waals surface area (Å²) in [6.45, 7) is 8.60. The van der Waals surface area contributed by atoms with Gasteiger partial charge >= 0.3 is 12.8 Å². The van der Waals surface area contributed by atoms with Gasteiger partial charge in [0.15, 0.2) is 0 Å². The van der Waals surface area contributed by atoms with Crippen LogP contribution in [0.4, 0.5) is 5.82 Å².